The summed E-state index contributed by atoms with van der Waals surface area (Å²) >= 11 is 3.26. The monoisotopic (exact) mass is 660 g/mol. The molecule has 7 nitrogen and oxygen atoms in total. The normalized spacial score (nSPS) is 11.6. The highest BCUT2D eigenvalue weighted by atomic mass is 79.9. The van der Waals surface area contributed by atoms with Crippen molar-refractivity contribution in [1.82, 2.24) is 19.1 Å². The Bertz CT molecular complexity index is 1560. The third-order valence-corrected chi connectivity index (χ3v) is 6.59. The van der Waals surface area contributed by atoms with Crippen LogP contribution in [0.1, 0.15) is 53.8 Å². The van der Waals surface area contributed by atoms with E-state index in [1.165, 1.54) is 29.7 Å². The molecule has 0 aliphatic heterocycles. The van der Waals surface area contributed by atoms with Gasteiger partial charge in [0.15, 0.2) is 5.78 Å². The smallest absolute Gasteiger partial charge is 0.416 e. The number of halogens is 7. The maximum absolute atomic E-state index is 12.9. The first-order valence-electron chi connectivity index (χ1n) is 12.6. The quantitative estimate of drug-likeness (QED) is 0.148. The Morgan fingerprint density at radius 2 is 1.21 bits per heavy atom. The van der Waals surface area contributed by atoms with Crippen molar-refractivity contribution < 1.29 is 40.6 Å². The molecule has 0 amide bonds. The molecule has 2 aromatic carbocycles. The summed E-state index contributed by atoms with van der Waals surface area (Å²) in [5.74, 6) is -0.274. The average molecular weight is 661 g/mol. The second-order valence-electron chi connectivity index (χ2n) is 8.79. The molecular weight excluding hydrogens is 634 g/mol. The van der Waals surface area contributed by atoms with Crippen LogP contribution in [0.2, 0.25) is 0 Å². The SMILES string of the molecule is CCOc1nc(Br)c(C)n1-c1cccc(C(F)(F)F)c1.CCOc1nc(C(C)=O)c(C)n1-c1cccc(C(F)(F)F)c1. The zero-order valence-corrected chi connectivity index (χ0v) is 24.8. The van der Waals surface area contributed by atoms with Crippen molar-refractivity contribution in [2.45, 2.75) is 47.0 Å². The third-order valence-electron chi connectivity index (χ3n) is 5.84. The van der Waals surface area contributed by atoms with Crippen molar-refractivity contribution in [3.05, 3.63) is 81.3 Å². The summed E-state index contributed by atoms with van der Waals surface area (Å²) in [6, 6.07) is 10.2. The summed E-state index contributed by atoms with van der Waals surface area (Å²) in [5.41, 5.74) is 0.422. The van der Waals surface area contributed by atoms with Crippen LogP contribution in [0.3, 0.4) is 0 Å². The number of rotatable bonds is 7. The lowest BCUT2D eigenvalue weighted by atomic mass is 10.2. The molecule has 0 aliphatic rings. The lowest BCUT2D eigenvalue weighted by Crippen LogP contribution is -2.08. The Hall–Kier alpha value is -3.81. The molecular formula is C28H27BrF6N4O3. The van der Waals surface area contributed by atoms with E-state index < -0.39 is 23.5 Å². The largest absolute Gasteiger partial charge is 0.465 e. The minimum absolute atomic E-state index is 0.101. The van der Waals surface area contributed by atoms with Crippen molar-refractivity contribution in [2.75, 3.05) is 13.2 Å². The van der Waals surface area contributed by atoms with E-state index in [2.05, 4.69) is 25.9 Å². The topological polar surface area (TPSA) is 71.2 Å². The van der Waals surface area contributed by atoms with E-state index in [-0.39, 0.29) is 35.8 Å². The molecule has 14 heteroatoms. The van der Waals surface area contributed by atoms with Gasteiger partial charge in [0.2, 0.25) is 0 Å². The zero-order valence-electron chi connectivity index (χ0n) is 23.2. The number of alkyl halides is 6. The van der Waals surface area contributed by atoms with Gasteiger partial charge in [-0.05, 0) is 80.0 Å². The molecule has 0 radical (unpaired) electrons. The minimum Gasteiger partial charge on any atom is -0.465 e. The number of imidazole rings is 2. The van der Waals surface area contributed by atoms with Crippen LogP contribution in [0, 0.1) is 13.8 Å². The molecule has 0 atom stereocenters. The number of aromatic nitrogens is 4. The Morgan fingerprint density at radius 1 is 0.786 bits per heavy atom. The van der Waals surface area contributed by atoms with Crippen LogP contribution in [-0.2, 0) is 12.4 Å². The van der Waals surface area contributed by atoms with Gasteiger partial charge in [-0.1, -0.05) is 12.1 Å². The molecule has 0 spiro atoms. The number of ketones is 1. The number of ether oxygens (including phenoxy) is 2. The summed E-state index contributed by atoms with van der Waals surface area (Å²) < 4.78 is 91.1. The average Bonchev–Trinajstić information content (AvgIpc) is 3.39. The molecule has 2 aromatic heterocycles. The van der Waals surface area contributed by atoms with E-state index in [4.69, 9.17) is 9.47 Å². The van der Waals surface area contributed by atoms with E-state index in [0.29, 0.717) is 28.3 Å². The minimum atomic E-state index is -4.44. The summed E-state index contributed by atoms with van der Waals surface area (Å²) in [4.78, 5) is 19.8. The van der Waals surface area contributed by atoms with Gasteiger partial charge in [-0.3, -0.25) is 13.9 Å². The lowest BCUT2D eigenvalue weighted by Gasteiger charge is -2.12. The molecule has 0 saturated heterocycles. The van der Waals surface area contributed by atoms with E-state index in [9.17, 15) is 31.1 Å². The van der Waals surface area contributed by atoms with Crippen molar-refractivity contribution in [3.63, 3.8) is 0 Å². The van der Waals surface area contributed by atoms with Gasteiger partial charge in [-0.25, -0.2) is 0 Å². The van der Waals surface area contributed by atoms with E-state index in [0.717, 1.165) is 24.3 Å². The first-order chi connectivity index (χ1) is 19.6. The van der Waals surface area contributed by atoms with E-state index in [1.807, 2.05) is 0 Å². The summed E-state index contributed by atoms with van der Waals surface area (Å²) in [6.45, 7) is 8.89. The predicted molar refractivity (Wildman–Crippen MR) is 147 cm³/mol. The molecule has 0 aliphatic carbocycles. The Morgan fingerprint density at radius 3 is 1.62 bits per heavy atom. The van der Waals surface area contributed by atoms with Gasteiger partial charge >= 0.3 is 24.4 Å². The first-order valence-corrected chi connectivity index (χ1v) is 13.3. The molecule has 4 rings (SSSR count). The number of nitrogens with zero attached hydrogens (tertiary/aromatic N) is 4. The Labute approximate surface area is 246 Å². The van der Waals surface area contributed by atoms with Gasteiger partial charge in [0.05, 0.1) is 47.1 Å². The van der Waals surface area contributed by atoms with Crippen molar-refractivity contribution in [2.24, 2.45) is 0 Å². The highest BCUT2D eigenvalue weighted by Crippen LogP contribution is 2.34. The van der Waals surface area contributed by atoms with Gasteiger partial charge in [-0.15, -0.1) is 0 Å². The van der Waals surface area contributed by atoms with Crippen LogP contribution in [0.25, 0.3) is 11.4 Å². The molecule has 42 heavy (non-hydrogen) atoms. The number of hydrogen-bond acceptors (Lipinski definition) is 5. The molecule has 0 bridgehead atoms. The molecule has 0 unspecified atom stereocenters. The zero-order chi connectivity index (χ0) is 31.4. The van der Waals surface area contributed by atoms with Gasteiger partial charge in [0.25, 0.3) is 0 Å². The standard InChI is InChI=1S/C15H15F3N2O2.C13H12BrF3N2O/c1-4-22-14-19-13(10(3)21)9(2)20(14)12-7-5-6-11(8-12)15(16,17)18;1-3-20-12-18-11(14)8(2)19(12)10-6-4-5-9(7-10)13(15,16)17/h5-8H,4H2,1-3H3;4-7H,3H2,1-2H3. The predicted octanol–water partition coefficient (Wildman–Crippen LogP) is 8.16. The van der Waals surface area contributed by atoms with Gasteiger partial charge < -0.3 is 9.47 Å². The number of carbonyl (C=O) groups is 1. The fourth-order valence-corrected chi connectivity index (χ4v) is 4.29. The van der Waals surface area contributed by atoms with Crippen molar-refractivity contribution in [1.29, 1.82) is 0 Å². The van der Waals surface area contributed by atoms with Gasteiger partial charge in [0, 0.05) is 6.92 Å². The Kier molecular flexibility index (Phi) is 10.1. The van der Waals surface area contributed by atoms with E-state index in [1.54, 1.807) is 38.3 Å². The number of Topliss-reactive ketones (excluding diaryl/α,β-unsaturated/α-hetero) is 1. The highest BCUT2D eigenvalue weighted by Gasteiger charge is 2.32. The van der Waals surface area contributed by atoms with Crippen LogP contribution in [0.15, 0.2) is 53.1 Å². The van der Waals surface area contributed by atoms with Crippen LogP contribution in [0.5, 0.6) is 12.0 Å². The molecule has 226 valence electrons. The number of benzene rings is 2. The first kappa shape index (κ1) is 32.7. The van der Waals surface area contributed by atoms with Gasteiger partial charge in [0.1, 0.15) is 10.3 Å². The number of carbonyl (C=O) groups excluding carboxylic acids is 1. The molecule has 2 heterocycles. The third kappa shape index (κ3) is 7.33. The molecule has 4 aromatic rings. The van der Waals surface area contributed by atoms with Crippen LogP contribution < -0.4 is 9.47 Å². The van der Waals surface area contributed by atoms with E-state index >= 15 is 0 Å². The van der Waals surface area contributed by atoms with Crippen molar-refractivity contribution >= 4 is 21.7 Å². The van der Waals surface area contributed by atoms with Crippen LogP contribution in [0.4, 0.5) is 26.3 Å². The van der Waals surface area contributed by atoms with Gasteiger partial charge in [-0.2, -0.15) is 36.3 Å². The number of hydrogen-bond donors (Lipinski definition) is 0. The molecule has 0 N–H and O–H groups in total. The molecule has 0 fully saturated rings. The maximum atomic E-state index is 12.9. The fraction of sp³-hybridized carbons (Fsp3) is 0.321. The second kappa shape index (κ2) is 13.0. The van der Waals surface area contributed by atoms with Crippen LogP contribution in [-0.4, -0.2) is 38.1 Å². The van der Waals surface area contributed by atoms with Crippen LogP contribution >= 0.6 is 15.9 Å². The van der Waals surface area contributed by atoms with Crippen molar-refractivity contribution in [3.8, 4) is 23.4 Å². The Balaban J connectivity index is 0.000000231. The molecule has 0 saturated carbocycles. The lowest BCUT2D eigenvalue weighted by molar-refractivity contribution is -0.138. The second-order valence-corrected chi connectivity index (χ2v) is 9.54. The summed E-state index contributed by atoms with van der Waals surface area (Å²) in [6.07, 6.45) is -8.83. The maximum Gasteiger partial charge on any atom is 0.416 e. The summed E-state index contributed by atoms with van der Waals surface area (Å²) in [7, 11) is 0. The summed E-state index contributed by atoms with van der Waals surface area (Å²) in [5, 5.41) is 0. The fourth-order valence-electron chi connectivity index (χ4n) is 3.96. The highest BCUT2D eigenvalue weighted by molar-refractivity contribution is 9.10.